The molecule has 0 heterocycles. The number of benzene rings is 1. The summed E-state index contributed by atoms with van der Waals surface area (Å²) in [7, 11) is -6.06. The number of rotatable bonds is 7. The topological polar surface area (TPSA) is 127 Å². The van der Waals surface area contributed by atoms with Gasteiger partial charge in [0.25, 0.3) is 0 Å². The Labute approximate surface area is 136 Å². The molecular weight excluding hydrogens is 342 g/mol. The molecule has 3 N–H and O–H groups in total. The van der Waals surface area contributed by atoms with Gasteiger partial charge in [0.1, 0.15) is 0 Å². The van der Waals surface area contributed by atoms with E-state index in [1.807, 2.05) is 0 Å². The van der Waals surface area contributed by atoms with Gasteiger partial charge >= 0.3 is 0 Å². The smallest absolute Gasteiger partial charge is 0.240 e. The molecule has 0 radical (unpaired) electrons. The van der Waals surface area contributed by atoms with E-state index in [-0.39, 0.29) is 17.9 Å². The summed E-state index contributed by atoms with van der Waals surface area (Å²) in [6.45, 7) is 3.11. The highest BCUT2D eigenvalue weighted by Crippen LogP contribution is 2.30. The van der Waals surface area contributed by atoms with Crippen molar-refractivity contribution in [3.05, 3.63) is 23.3 Å². The summed E-state index contributed by atoms with van der Waals surface area (Å²) in [4.78, 5) is 10.7. The van der Waals surface area contributed by atoms with Crippen LogP contribution in [-0.2, 0) is 24.8 Å². The van der Waals surface area contributed by atoms with Gasteiger partial charge in [-0.3, -0.25) is 9.10 Å². The number of hydrogen-bond donors (Lipinski definition) is 2. The number of nitrogens with zero attached hydrogens (tertiary/aromatic N) is 1. The van der Waals surface area contributed by atoms with Crippen molar-refractivity contribution in [2.75, 3.05) is 24.2 Å². The maximum Gasteiger partial charge on any atom is 0.240 e. The van der Waals surface area contributed by atoms with E-state index in [4.69, 9.17) is 5.73 Å². The van der Waals surface area contributed by atoms with Gasteiger partial charge in [0.05, 0.1) is 16.8 Å². The highest BCUT2D eigenvalue weighted by Gasteiger charge is 2.24. The molecule has 0 saturated carbocycles. The van der Waals surface area contributed by atoms with E-state index < -0.39 is 26.0 Å². The summed E-state index contributed by atoms with van der Waals surface area (Å²) in [6, 6.07) is 2.93. The van der Waals surface area contributed by atoms with Crippen LogP contribution >= 0.6 is 0 Å². The third-order valence-corrected chi connectivity index (χ3v) is 6.13. The van der Waals surface area contributed by atoms with E-state index in [1.54, 1.807) is 6.92 Å². The first-order chi connectivity index (χ1) is 10.4. The van der Waals surface area contributed by atoms with E-state index in [0.29, 0.717) is 16.8 Å². The van der Waals surface area contributed by atoms with Gasteiger partial charge in [-0.15, -0.1) is 0 Å². The maximum atomic E-state index is 12.3. The van der Waals surface area contributed by atoms with Crippen LogP contribution in [0.5, 0.6) is 0 Å². The van der Waals surface area contributed by atoms with Gasteiger partial charge in [-0.05, 0) is 31.0 Å². The first-order valence-corrected chi connectivity index (χ1v) is 10.0. The molecule has 1 rings (SSSR count). The predicted molar refractivity (Wildman–Crippen MR) is 88.2 cm³/mol. The molecule has 0 spiro atoms. The number of nitrogens with two attached hydrogens (primary N) is 1. The van der Waals surface area contributed by atoms with Gasteiger partial charge < -0.3 is 5.73 Å². The first kappa shape index (κ1) is 19.4. The Morgan fingerprint density at radius 3 is 2.26 bits per heavy atom. The van der Waals surface area contributed by atoms with Crippen molar-refractivity contribution < 1.29 is 21.6 Å². The number of hydrogen-bond acceptors (Lipinski definition) is 5. The van der Waals surface area contributed by atoms with Gasteiger partial charge in [0, 0.05) is 20.0 Å². The van der Waals surface area contributed by atoms with Gasteiger partial charge in [-0.25, -0.2) is 21.6 Å². The minimum absolute atomic E-state index is 0.0435. The Morgan fingerprint density at radius 1 is 1.22 bits per heavy atom. The zero-order valence-electron chi connectivity index (χ0n) is 13.5. The van der Waals surface area contributed by atoms with Crippen LogP contribution in [0.25, 0.3) is 0 Å². The largest absolute Gasteiger partial charge is 0.370 e. The second-order valence-corrected chi connectivity index (χ2v) is 8.95. The van der Waals surface area contributed by atoms with E-state index in [0.717, 1.165) is 10.6 Å². The van der Waals surface area contributed by atoms with E-state index >= 15 is 0 Å². The Kier molecular flexibility index (Phi) is 5.78. The number of sulfonamides is 2. The van der Waals surface area contributed by atoms with Crippen molar-refractivity contribution in [2.24, 2.45) is 5.73 Å². The molecule has 10 heteroatoms. The quantitative estimate of drug-likeness (QED) is 0.697. The lowest BCUT2D eigenvalue weighted by molar-refractivity contribution is -0.117. The van der Waals surface area contributed by atoms with Crippen LogP contribution < -0.4 is 14.8 Å². The summed E-state index contributed by atoms with van der Waals surface area (Å²) in [5, 5.41) is 0. The van der Waals surface area contributed by atoms with Crippen molar-refractivity contribution in [1.82, 2.24) is 4.72 Å². The average Bonchev–Trinajstić information content (AvgIpc) is 2.36. The number of amides is 1. The minimum Gasteiger partial charge on any atom is -0.370 e. The predicted octanol–water partition coefficient (Wildman–Crippen LogP) is -0.147. The van der Waals surface area contributed by atoms with Gasteiger partial charge in [-0.2, -0.15) is 0 Å². The van der Waals surface area contributed by atoms with Crippen LogP contribution in [0.1, 0.15) is 17.5 Å². The Balaban J connectivity index is 3.33. The highest BCUT2D eigenvalue weighted by molar-refractivity contribution is 7.92. The Bertz CT molecular complexity index is 816. The Hall–Kier alpha value is -1.65. The van der Waals surface area contributed by atoms with E-state index in [9.17, 15) is 21.6 Å². The van der Waals surface area contributed by atoms with Crippen LogP contribution in [-0.4, -0.2) is 42.6 Å². The lowest BCUT2D eigenvalue weighted by atomic mass is 10.1. The van der Waals surface area contributed by atoms with Gasteiger partial charge in [0.15, 0.2) is 0 Å². The molecule has 0 aliphatic carbocycles. The summed E-state index contributed by atoms with van der Waals surface area (Å²) in [6.07, 6.45) is 0.915. The fourth-order valence-corrected chi connectivity index (χ4v) is 4.03. The molecule has 0 fully saturated rings. The second-order valence-electron chi connectivity index (χ2n) is 5.20. The number of primary amides is 1. The third-order valence-electron chi connectivity index (χ3n) is 3.35. The molecule has 0 aliphatic rings. The van der Waals surface area contributed by atoms with Crippen molar-refractivity contribution in [2.45, 2.75) is 25.2 Å². The van der Waals surface area contributed by atoms with Crippen LogP contribution in [0, 0.1) is 13.8 Å². The van der Waals surface area contributed by atoms with Crippen LogP contribution in [0.4, 0.5) is 5.69 Å². The average molecular weight is 363 g/mol. The number of carbonyl (C=O) groups excluding carboxylic acids is 1. The van der Waals surface area contributed by atoms with Crippen molar-refractivity contribution in [3.63, 3.8) is 0 Å². The first-order valence-electron chi connectivity index (χ1n) is 6.70. The lowest BCUT2D eigenvalue weighted by Gasteiger charge is -2.23. The molecule has 130 valence electrons. The molecule has 0 saturated heterocycles. The molecule has 8 nitrogen and oxygen atoms in total. The third kappa shape index (κ3) is 4.66. The summed E-state index contributed by atoms with van der Waals surface area (Å²) in [5.74, 6) is -0.620. The number of aryl methyl sites for hydroxylation is 1. The molecule has 1 amide bonds. The van der Waals surface area contributed by atoms with Crippen molar-refractivity contribution in [1.29, 1.82) is 0 Å². The number of anilines is 1. The van der Waals surface area contributed by atoms with Crippen molar-refractivity contribution >= 4 is 31.6 Å². The number of nitrogens with one attached hydrogen (secondary N) is 1. The normalized spacial score (nSPS) is 12.2. The van der Waals surface area contributed by atoms with E-state index in [1.165, 1.54) is 26.1 Å². The maximum absolute atomic E-state index is 12.3. The summed E-state index contributed by atoms with van der Waals surface area (Å²) >= 11 is 0. The molecule has 1 aromatic carbocycles. The highest BCUT2D eigenvalue weighted by atomic mass is 32.2. The van der Waals surface area contributed by atoms with E-state index in [2.05, 4.69) is 4.72 Å². The molecule has 0 unspecified atom stereocenters. The number of carbonyl (C=O) groups is 1. The molecule has 0 atom stereocenters. The van der Waals surface area contributed by atoms with Crippen LogP contribution in [0.15, 0.2) is 17.0 Å². The minimum atomic E-state index is -3.88. The molecular formula is C13H21N3O5S2. The zero-order chi connectivity index (χ0) is 18.0. The molecule has 23 heavy (non-hydrogen) atoms. The summed E-state index contributed by atoms with van der Waals surface area (Å²) < 4.78 is 51.5. The monoisotopic (exact) mass is 363 g/mol. The fraction of sp³-hybridized carbons (Fsp3) is 0.462. The Morgan fingerprint density at radius 2 is 1.78 bits per heavy atom. The SMILES string of the molecule is Cc1ccc(S(=O)(=O)NCCC(N)=O)c(C)c1N(C)S(C)(=O)=O. The van der Waals surface area contributed by atoms with Crippen LogP contribution in [0.2, 0.25) is 0 Å². The molecule has 0 aromatic heterocycles. The molecule has 0 aliphatic heterocycles. The second kappa shape index (κ2) is 6.85. The van der Waals surface area contributed by atoms with Gasteiger partial charge in [-0.1, -0.05) is 6.07 Å². The van der Waals surface area contributed by atoms with Crippen molar-refractivity contribution in [3.8, 4) is 0 Å². The van der Waals surface area contributed by atoms with Crippen LogP contribution in [0.3, 0.4) is 0 Å². The fourth-order valence-electron chi connectivity index (χ4n) is 2.14. The standard InChI is InChI=1S/C13H21N3O5S2/c1-9-5-6-11(23(20,21)15-8-7-12(14)17)10(2)13(9)16(3)22(4,18)19/h5-6,15H,7-8H2,1-4H3,(H2,14,17). The molecule has 1 aromatic rings. The van der Waals surface area contributed by atoms with Gasteiger partial charge in [0.2, 0.25) is 26.0 Å². The summed E-state index contributed by atoms with van der Waals surface area (Å²) in [5.41, 5.74) is 6.23. The zero-order valence-corrected chi connectivity index (χ0v) is 15.1. The lowest BCUT2D eigenvalue weighted by Crippen LogP contribution is -2.30. The molecule has 0 bridgehead atoms.